The second-order valence-electron chi connectivity index (χ2n) is 2.57. The molecule has 0 N–H and O–H groups in total. The van der Waals surface area contributed by atoms with Gasteiger partial charge in [0.15, 0.2) is 0 Å². The first-order valence-electron chi connectivity index (χ1n) is 3.58. The highest BCUT2D eigenvalue weighted by Gasteiger charge is 2.23. The molecule has 10 heavy (non-hydrogen) atoms. The minimum absolute atomic E-state index is 0.0343. The summed E-state index contributed by atoms with van der Waals surface area (Å²) in [6.45, 7) is 0.491. The Labute approximate surface area is 65.5 Å². The first-order valence-corrected chi connectivity index (χ1v) is 4.01. The standard InChI is InChI=1S/C7H11ClO2/c8-6-3-1-2-4-7(6)10-5-9/h5-7H,1-4H2/t6-,7+/m0/s1. The van der Waals surface area contributed by atoms with Crippen LogP contribution in [-0.4, -0.2) is 18.0 Å². The van der Waals surface area contributed by atoms with Crippen LogP contribution in [0.2, 0.25) is 0 Å². The average Bonchev–Trinajstić information content (AvgIpc) is 1.94. The van der Waals surface area contributed by atoms with E-state index in [9.17, 15) is 4.79 Å². The van der Waals surface area contributed by atoms with Crippen LogP contribution in [0.5, 0.6) is 0 Å². The third-order valence-corrected chi connectivity index (χ3v) is 2.35. The van der Waals surface area contributed by atoms with Crippen LogP contribution >= 0.6 is 11.6 Å². The summed E-state index contributed by atoms with van der Waals surface area (Å²) in [6, 6.07) is 0. The van der Waals surface area contributed by atoms with Crippen LogP contribution < -0.4 is 0 Å². The normalized spacial score (nSPS) is 33.3. The van der Waals surface area contributed by atoms with Crippen molar-refractivity contribution >= 4 is 18.1 Å². The molecule has 0 heterocycles. The molecule has 0 amide bonds. The number of carbonyl (C=O) groups excluding carboxylic acids is 1. The second kappa shape index (κ2) is 3.81. The molecule has 2 atom stereocenters. The SMILES string of the molecule is O=CO[C@@H]1CCCC[C@@H]1Cl. The molecule has 3 heteroatoms. The fourth-order valence-corrected chi connectivity index (χ4v) is 1.62. The van der Waals surface area contributed by atoms with Gasteiger partial charge in [0.05, 0.1) is 5.38 Å². The summed E-state index contributed by atoms with van der Waals surface area (Å²) in [4.78, 5) is 9.94. The van der Waals surface area contributed by atoms with E-state index in [1.54, 1.807) is 0 Å². The van der Waals surface area contributed by atoms with E-state index in [1.807, 2.05) is 0 Å². The fourth-order valence-electron chi connectivity index (χ4n) is 1.28. The minimum atomic E-state index is -0.0343. The van der Waals surface area contributed by atoms with Gasteiger partial charge in [-0.1, -0.05) is 6.42 Å². The number of carbonyl (C=O) groups is 1. The lowest BCUT2D eigenvalue weighted by molar-refractivity contribution is -0.134. The van der Waals surface area contributed by atoms with Gasteiger partial charge in [-0.3, -0.25) is 4.79 Å². The molecule has 1 fully saturated rings. The van der Waals surface area contributed by atoms with E-state index in [4.69, 9.17) is 16.3 Å². The number of ether oxygens (including phenoxy) is 1. The maximum absolute atomic E-state index is 9.94. The quantitative estimate of drug-likeness (QED) is 0.457. The van der Waals surface area contributed by atoms with Crippen molar-refractivity contribution in [2.24, 2.45) is 0 Å². The zero-order valence-corrected chi connectivity index (χ0v) is 6.51. The predicted molar refractivity (Wildman–Crippen MR) is 39.0 cm³/mol. The lowest BCUT2D eigenvalue weighted by Gasteiger charge is -2.24. The van der Waals surface area contributed by atoms with E-state index >= 15 is 0 Å². The molecule has 1 saturated carbocycles. The summed E-state index contributed by atoms with van der Waals surface area (Å²) in [5, 5.41) is 0.0407. The van der Waals surface area contributed by atoms with E-state index in [1.165, 1.54) is 0 Å². The topological polar surface area (TPSA) is 26.3 Å². The van der Waals surface area contributed by atoms with Crippen molar-refractivity contribution in [3.05, 3.63) is 0 Å². The van der Waals surface area contributed by atoms with Crippen LogP contribution in [0.15, 0.2) is 0 Å². The number of hydrogen-bond donors (Lipinski definition) is 0. The summed E-state index contributed by atoms with van der Waals surface area (Å²) in [5.41, 5.74) is 0. The number of hydrogen-bond acceptors (Lipinski definition) is 2. The van der Waals surface area contributed by atoms with Crippen molar-refractivity contribution in [3.8, 4) is 0 Å². The highest BCUT2D eigenvalue weighted by Crippen LogP contribution is 2.24. The molecule has 0 bridgehead atoms. The van der Waals surface area contributed by atoms with Crippen molar-refractivity contribution in [1.82, 2.24) is 0 Å². The molecule has 1 rings (SSSR count). The number of rotatable bonds is 2. The summed E-state index contributed by atoms with van der Waals surface area (Å²) in [7, 11) is 0. The van der Waals surface area contributed by atoms with Gasteiger partial charge in [-0.15, -0.1) is 11.6 Å². The molecular weight excluding hydrogens is 152 g/mol. The summed E-state index contributed by atoms with van der Waals surface area (Å²) in [5.74, 6) is 0. The van der Waals surface area contributed by atoms with Crippen LogP contribution in [0, 0.1) is 0 Å². The Balaban J connectivity index is 2.32. The maximum atomic E-state index is 9.94. The number of halogens is 1. The van der Waals surface area contributed by atoms with Gasteiger partial charge in [-0.05, 0) is 19.3 Å². The first-order chi connectivity index (χ1) is 4.84. The average molecular weight is 163 g/mol. The van der Waals surface area contributed by atoms with Crippen molar-refractivity contribution in [3.63, 3.8) is 0 Å². The van der Waals surface area contributed by atoms with E-state index in [0.717, 1.165) is 25.7 Å². The van der Waals surface area contributed by atoms with Gasteiger partial charge in [0.1, 0.15) is 6.10 Å². The van der Waals surface area contributed by atoms with Gasteiger partial charge in [0, 0.05) is 0 Å². The van der Waals surface area contributed by atoms with Crippen LogP contribution in [0.1, 0.15) is 25.7 Å². The van der Waals surface area contributed by atoms with E-state index in [-0.39, 0.29) is 11.5 Å². The largest absolute Gasteiger partial charge is 0.463 e. The third-order valence-electron chi connectivity index (χ3n) is 1.85. The van der Waals surface area contributed by atoms with Crippen LogP contribution in [0.25, 0.3) is 0 Å². The Hall–Kier alpha value is -0.240. The Morgan fingerprint density at radius 1 is 1.40 bits per heavy atom. The fraction of sp³-hybridized carbons (Fsp3) is 0.857. The van der Waals surface area contributed by atoms with Gasteiger partial charge in [0.2, 0.25) is 0 Å². The van der Waals surface area contributed by atoms with Crippen LogP contribution in [0.4, 0.5) is 0 Å². The molecule has 0 aromatic carbocycles. The van der Waals surface area contributed by atoms with Gasteiger partial charge >= 0.3 is 0 Å². The molecule has 1 aliphatic carbocycles. The third kappa shape index (κ3) is 1.87. The molecular formula is C7H11ClO2. The second-order valence-corrected chi connectivity index (χ2v) is 3.13. The Morgan fingerprint density at radius 2 is 2.10 bits per heavy atom. The molecule has 58 valence electrons. The van der Waals surface area contributed by atoms with Crippen molar-refractivity contribution in [2.75, 3.05) is 0 Å². The molecule has 0 aromatic rings. The lowest BCUT2D eigenvalue weighted by Crippen LogP contribution is -2.27. The van der Waals surface area contributed by atoms with Crippen molar-refractivity contribution < 1.29 is 9.53 Å². The number of alkyl halides is 1. The van der Waals surface area contributed by atoms with E-state index in [2.05, 4.69) is 0 Å². The van der Waals surface area contributed by atoms with Crippen molar-refractivity contribution in [1.29, 1.82) is 0 Å². The molecule has 0 radical (unpaired) electrons. The molecule has 2 nitrogen and oxygen atoms in total. The molecule has 0 spiro atoms. The molecule has 0 unspecified atom stereocenters. The minimum Gasteiger partial charge on any atom is -0.463 e. The Bertz CT molecular complexity index is 116. The summed E-state index contributed by atoms with van der Waals surface area (Å²) >= 11 is 5.88. The van der Waals surface area contributed by atoms with E-state index < -0.39 is 0 Å². The molecule has 0 aromatic heterocycles. The summed E-state index contributed by atoms with van der Waals surface area (Å²) < 4.78 is 4.78. The summed E-state index contributed by atoms with van der Waals surface area (Å²) in [6.07, 6.45) is 4.15. The van der Waals surface area contributed by atoms with Crippen molar-refractivity contribution in [2.45, 2.75) is 37.2 Å². The Morgan fingerprint density at radius 3 is 2.70 bits per heavy atom. The molecule has 0 aliphatic heterocycles. The van der Waals surface area contributed by atoms with Crippen LogP contribution in [0.3, 0.4) is 0 Å². The lowest BCUT2D eigenvalue weighted by atomic mass is 9.97. The monoisotopic (exact) mass is 162 g/mol. The Kier molecular flexibility index (Phi) is 3.00. The maximum Gasteiger partial charge on any atom is 0.293 e. The van der Waals surface area contributed by atoms with Gasteiger partial charge in [-0.25, -0.2) is 0 Å². The van der Waals surface area contributed by atoms with Gasteiger partial charge < -0.3 is 4.74 Å². The zero-order chi connectivity index (χ0) is 7.40. The van der Waals surface area contributed by atoms with E-state index in [0.29, 0.717) is 6.47 Å². The van der Waals surface area contributed by atoms with Gasteiger partial charge in [0.25, 0.3) is 6.47 Å². The molecule has 0 saturated heterocycles. The molecule has 1 aliphatic rings. The predicted octanol–water partition coefficient (Wildman–Crippen LogP) is 1.71. The van der Waals surface area contributed by atoms with Gasteiger partial charge in [-0.2, -0.15) is 0 Å². The van der Waals surface area contributed by atoms with Crippen LogP contribution in [-0.2, 0) is 9.53 Å². The smallest absolute Gasteiger partial charge is 0.293 e. The first kappa shape index (κ1) is 7.86. The highest BCUT2D eigenvalue weighted by molar-refractivity contribution is 6.21. The highest BCUT2D eigenvalue weighted by atomic mass is 35.5. The zero-order valence-electron chi connectivity index (χ0n) is 5.75.